The first-order valence-corrected chi connectivity index (χ1v) is 8.57. The molecule has 3 rings (SSSR count). The fourth-order valence-corrected chi connectivity index (χ4v) is 3.48. The number of hydrogen-bond donors (Lipinski definition) is 2. The molecule has 0 saturated carbocycles. The number of hydrogen-bond acceptors (Lipinski definition) is 4. The number of para-hydroxylation sites is 1. The van der Waals surface area contributed by atoms with E-state index in [1.807, 2.05) is 6.07 Å². The molecule has 0 saturated heterocycles. The van der Waals surface area contributed by atoms with E-state index in [2.05, 4.69) is 9.71 Å². The van der Waals surface area contributed by atoms with Crippen LogP contribution in [-0.4, -0.2) is 24.5 Å². The number of anilines is 1. The molecule has 3 aromatic rings. The Bertz CT molecular complexity index is 1050. The highest BCUT2D eigenvalue weighted by Gasteiger charge is 2.18. The summed E-state index contributed by atoms with van der Waals surface area (Å²) in [7, 11) is -3.88. The van der Waals surface area contributed by atoms with E-state index in [1.54, 1.807) is 25.1 Å². The largest absolute Gasteiger partial charge is 0.478 e. The fraction of sp³-hybridized carbons (Fsp3) is 0.0588. The number of nitrogens with zero attached hydrogens (tertiary/aromatic N) is 1. The number of fused-ring (bicyclic) bond motifs is 1. The Kier molecular flexibility index (Phi) is 3.94. The van der Waals surface area contributed by atoms with Gasteiger partial charge in [0.25, 0.3) is 10.0 Å². The molecule has 2 aromatic carbocycles. The molecular formula is C17H14N2O4S. The Balaban J connectivity index is 2.02. The SMILES string of the molecule is Cc1c(NS(=O)(=O)c2cnc3ccccc3c2)cccc1C(=O)O. The lowest BCUT2D eigenvalue weighted by atomic mass is 10.1. The lowest BCUT2D eigenvalue weighted by Gasteiger charge is -2.12. The lowest BCUT2D eigenvalue weighted by Crippen LogP contribution is -2.15. The third-order valence-corrected chi connectivity index (χ3v) is 5.02. The highest BCUT2D eigenvalue weighted by Crippen LogP contribution is 2.23. The second-order valence-corrected chi connectivity index (χ2v) is 6.93. The van der Waals surface area contributed by atoms with Crippen molar-refractivity contribution < 1.29 is 18.3 Å². The van der Waals surface area contributed by atoms with Gasteiger partial charge in [0.1, 0.15) is 4.90 Å². The molecule has 24 heavy (non-hydrogen) atoms. The van der Waals surface area contributed by atoms with Crippen molar-refractivity contribution in [3.05, 3.63) is 65.9 Å². The van der Waals surface area contributed by atoms with E-state index >= 15 is 0 Å². The number of carboxylic acid groups (broad SMARTS) is 1. The third-order valence-electron chi connectivity index (χ3n) is 3.68. The van der Waals surface area contributed by atoms with Crippen molar-refractivity contribution in [2.75, 3.05) is 4.72 Å². The summed E-state index contributed by atoms with van der Waals surface area (Å²) >= 11 is 0. The van der Waals surface area contributed by atoms with E-state index in [0.29, 0.717) is 16.5 Å². The van der Waals surface area contributed by atoms with E-state index in [1.165, 1.54) is 30.5 Å². The van der Waals surface area contributed by atoms with Crippen molar-refractivity contribution >= 4 is 32.6 Å². The molecule has 2 N–H and O–H groups in total. The molecule has 0 aliphatic heterocycles. The molecule has 122 valence electrons. The van der Waals surface area contributed by atoms with Gasteiger partial charge in [0.05, 0.1) is 16.8 Å². The maximum atomic E-state index is 12.6. The van der Waals surface area contributed by atoms with E-state index in [-0.39, 0.29) is 16.1 Å². The van der Waals surface area contributed by atoms with Crippen molar-refractivity contribution in [1.29, 1.82) is 0 Å². The molecule has 0 aliphatic rings. The predicted molar refractivity (Wildman–Crippen MR) is 90.7 cm³/mol. The third kappa shape index (κ3) is 2.93. The average molecular weight is 342 g/mol. The van der Waals surface area contributed by atoms with Gasteiger partial charge in [0.15, 0.2) is 0 Å². The van der Waals surface area contributed by atoms with Crippen LogP contribution >= 0.6 is 0 Å². The van der Waals surface area contributed by atoms with Gasteiger partial charge < -0.3 is 5.11 Å². The van der Waals surface area contributed by atoms with Crippen molar-refractivity contribution in [3.8, 4) is 0 Å². The predicted octanol–water partition coefficient (Wildman–Crippen LogP) is 3.04. The van der Waals surface area contributed by atoms with Gasteiger partial charge in [-0.05, 0) is 36.8 Å². The number of aromatic nitrogens is 1. The van der Waals surface area contributed by atoms with Crippen molar-refractivity contribution in [2.45, 2.75) is 11.8 Å². The first-order valence-electron chi connectivity index (χ1n) is 7.09. The summed E-state index contributed by atoms with van der Waals surface area (Å²) in [6, 6.07) is 13.2. The van der Waals surface area contributed by atoms with Crippen LogP contribution in [0.2, 0.25) is 0 Å². The standard InChI is InChI=1S/C17H14N2O4S/c1-11-14(17(20)21)6-4-8-15(11)19-24(22,23)13-9-12-5-2-3-7-16(12)18-10-13/h2-10,19H,1H3,(H,20,21). The summed E-state index contributed by atoms with van der Waals surface area (Å²) in [4.78, 5) is 15.3. The van der Waals surface area contributed by atoms with Gasteiger partial charge >= 0.3 is 5.97 Å². The zero-order chi connectivity index (χ0) is 17.3. The van der Waals surface area contributed by atoms with Crippen LogP contribution in [0.25, 0.3) is 10.9 Å². The van der Waals surface area contributed by atoms with E-state index in [0.717, 1.165) is 0 Å². The van der Waals surface area contributed by atoms with Gasteiger partial charge in [-0.25, -0.2) is 13.2 Å². The molecule has 0 unspecified atom stereocenters. The number of carboxylic acids is 1. The van der Waals surface area contributed by atoms with Crippen LogP contribution in [0.1, 0.15) is 15.9 Å². The minimum atomic E-state index is -3.88. The maximum Gasteiger partial charge on any atom is 0.336 e. The monoisotopic (exact) mass is 342 g/mol. The quantitative estimate of drug-likeness (QED) is 0.759. The van der Waals surface area contributed by atoms with Crippen molar-refractivity contribution in [1.82, 2.24) is 4.98 Å². The summed E-state index contributed by atoms with van der Waals surface area (Å²) in [6.07, 6.45) is 1.28. The molecular weight excluding hydrogens is 328 g/mol. The Hall–Kier alpha value is -2.93. The summed E-state index contributed by atoms with van der Waals surface area (Å²) in [5.74, 6) is -1.11. The second kappa shape index (κ2) is 5.93. The Morgan fingerprint density at radius 1 is 1.12 bits per heavy atom. The molecule has 1 heterocycles. The molecule has 0 atom stereocenters. The number of sulfonamides is 1. The summed E-state index contributed by atoms with van der Waals surface area (Å²) in [5.41, 5.74) is 1.32. The van der Waals surface area contributed by atoms with Crippen LogP contribution in [0.4, 0.5) is 5.69 Å². The van der Waals surface area contributed by atoms with E-state index < -0.39 is 16.0 Å². The Labute approximate surface area is 138 Å². The van der Waals surface area contributed by atoms with Gasteiger partial charge in [-0.1, -0.05) is 24.3 Å². The lowest BCUT2D eigenvalue weighted by molar-refractivity contribution is 0.0696. The first-order chi connectivity index (χ1) is 11.4. The number of benzene rings is 2. The van der Waals surface area contributed by atoms with Gasteiger partial charge in [-0.15, -0.1) is 0 Å². The summed E-state index contributed by atoms with van der Waals surface area (Å²) < 4.78 is 27.6. The van der Waals surface area contributed by atoms with Gasteiger partial charge in [-0.3, -0.25) is 9.71 Å². The van der Waals surface area contributed by atoms with Crippen LogP contribution in [0, 0.1) is 6.92 Å². The van der Waals surface area contributed by atoms with Gasteiger partial charge in [0.2, 0.25) is 0 Å². The average Bonchev–Trinajstić information content (AvgIpc) is 2.56. The molecule has 0 radical (unpaired) electrons. The minimum Gasteiger partial charge on any atom is -0.478 e. The molecule has 6 nitrogen and oxygen atoms in total. The molecule has 1 aromatic heterocycles. The number of aromatic carboxylic acids is 1. The van der Waals surface area contributed by atoms with Crippen LogP contribution in [0.5, 0.6) is 0 Å². The van der Waals surface area contributed by atoms with Crippen LogP contribution in [0.15, 0.2) is 59.6 Å². The van der Waals surface area contributed by atoms with E-state index in [9.17, 15) is 13.2 Å². The zero-order valence-corrected chi connectivity index (χ0v) is 13.5. The second-order valence-electron chi connectivity index (χ2n) is 5.25. The van der Waals surface area contributed by atoms with E-state index in [4.69, 9.17) is 5.11 Å². The smallest absolute Gasteiger partial charge is 0.336 e. The molecule has 0 fully saturated rings. The molecule has 0 spiro atoms. The Morgan fingerprint density at radius 3 is 2.62 bits per heavy atom. The highest BCUT2D eigenvalue weighted by molar-refractivity contribution is 7.92. The number of carbonyl (C=O) groups is 1. The first kappa shape index (κ1) is 15.9. The molecule has 7 heteroatoms. The topological polar surface area (TPSA) is 96.4 Å². The molecule has 0 aliphatic carbocycles. The van der Waals surface area contributed by atoms with Crippen LogP contribution in [0.3, 0.4) is 0 Å². The minimum absolute atomic E-state index is 0.0151. The van der Waals surface area contributed by atoms with Crippen LogP contribution in [-0.2, 0) is 10.0 Å². The summed E-state index contributed by atoms with van der Waals surface area (Å²) in [5, 5.41) is 9.84. The fourth-order valence-electron chi connectivity index (χ4n) is 2.38. The molecule has 0 amide bonds. The number of nitrogens with one attached hydrogen (secondary N) is 1. The summed E-state index contributed by atoms with van der Waals surface area (Å²) in [6.45, 7) is 1.56. The highest BCUT2D eigenvalue weighted by atomic mass is 32.2. The van der Waals surface area contributed by atoms with Gasteiger partial charge in [0, 0.05) is 11.6 Å². The normalized spacial score (nSPS) is 11.4. The number of rotatable bonds is 4. The van der Waals surface area contributed by atoms with Gasteiger partial charge in [-0.2, -0.15) is 0 Å². The number of pyridine rings is 1. The van der Waals surface area contributed by atoms with Crippen molar-refractivity contribution in [3.63, 3.8) is 0 Å². The molecule has 0 bridgehead atoms. The Morgan fingerprint density at radius 2 is 1.88 bits per heavy atom. The zero-order valence-electron chi connectivity index (χ0n) is 12.7. The maximum absolute atomic E-state index is 12.6. The van der Waals surface area contributed by atoms with Crippen LogP contribution < -0.4 is 4.72 Å². The van der Waals surface area contributed by atoms with Crippen molar-refractivity contribution in [2.24, 2.45) is 0 Å².